The number of benzene rings is 2. The Kier molecular flexibility index (Phi) is 4.58. The number of para-hydroxylation sites is 2. The number of rotatable bonds is 3. The molecule has 1 aliphatic rings. The van der Waals surface area contributed by atoms with Gasteiger partial charge in [0.05, 0.1) is 23.0 Å². The van der Waals surface area contributed by atoms with E-state index in [4.69, 9.17) is 5.26 Å². The third-order valence-corrected chi connectivity index (χ3v) is 4.13. The number of carbonyl (C=O) groups is 1. The van der Waals surface area contributed by atoms with Crippen molar-refractivity contribution in [3.63, 3.8) is 0 Å². The van der Waals surface area contributed by atoms with E-state index >= 15 is 0 Å². The molecular formula is C19H19N3O. The van der Waals surface area contributed by atoms with Crippen molar-refractivity contribution in [1.29, 1.82) is 5.26 Å². The summed E-state index contributed by atoms with van der Waals surface area (Å²) in [6.07, 6.45) is 3.66. The molecule has 1 aliphatic heterocycles. The van der Waals surface area contributed by atoms with Crippen LogP contribution in [0.15, 0.2) is 48.5 Å². The van der Waals surface area contributed by atoms with Crippen molar-refractivity contribution in [2.45, 2.75) is 19.3 Å². The van der Waals surface area contributed by atoms with Crippen LogP contribution in [0.25, 0.3) is 0 Å². The number of anilines is 2. The maximum Gasteiger partial charge on any atom is 0.255 e. The maximum atomic E-state index is 12.4. The first-order valence-electron chi connectivity index (χ1n) is 7.93. The van der Waals surface area contributed by atoms with Gasteiger partial charge in [0.25, 0.3) is 5.91 Å². The molecule has 3 rings (SSSR count). The van der Waals surface area contributed by atoms with Crippen LogP contribution in [-0.4, -0.2) is 19.0 Å². The van der Waals surface area contributed by atoms with Crippen molar-refractivity contribution < 1.29 is 4.79 Å². The quantitative estimate of drug-likeness (QED) is 0.938. The van der Waals surface area contributed by atoms with Gasteiger partial charge in [-0.3, -0.25) is 4.79 Å². The van der Waals surface area contributed by atoms with Crippen LogP contribution >= 0.6 is 0 Å². The predicted molar refractivity (Wildman–Crippen MR) is 91.6 cm³/mol. The molecule has 4 nitrogen and oxygen atoms in total. The molecule has 2 aromatic carbocycles. The molecule has 116 valence electrons. The molecule has 0 aromatic heterocycles. The molecule has 0 unspecified atom stereocenters. The monoisotopic (exact) mass is 305 g/mol. The van der Waals surface area contributed by atoms with E-state index in [0.29, 0.717) is 11.1 Å². The summed E-state index contributed by atoms with van der Waals surface area (Å²) >= 11 is 0. The molecule has 0 atom stereocenters. The van der Waals surface area contributed by atoms with Crippen LogP contribution in [0.4, 0.5) is 11.4 Å². The Morgan fingerprint density at radius 1 is 1.00 bits per heavy atom. The number of piperidine rings is 1. The van der Waals surface area contributed by atoms with Crippen molar-refractivity contribution in [2.75, 3.05) is 23.3 Å². The lowest BCUT2D eigenvalue weighted by Crippen LogP contribution is -2.30. The first kappa shape index (κ1) is 15.1. The van der Waals surface area contributed by atoms with Crippen molar-refractivity contribution in [3.8, 4) is 6.07 Å². The highest BCUT2D eigenvalue weighted by molar-refractivity contribution is 6.06. The van der Waals surface area contributed by atoms with Gasteiger partial charge in [-0.25, -0.2) is 0 Å². The molecule has 0 saturated carbocycles. The standard InChI is InChI=1S/C19H19N3O/c20-14-15-8-10-16(11-9-15)19(23)21-17-6-2-3-7-18(17)22-12-4-1-5-13-22/h2-3,6-11H,1,4-5,12-13H2,(H,21,23). The zero-order valence-electron chi connectivity index (χ0n) is 13.0. The second-order valence-electron chi connectivity index (χ2n) is 5.71. The molecule has 0 spiro atoms. The average molecular weight is 305 g/mol. The Hall–Kier alpha value is -2.80. The third-order valence-electron chi connectivity index (χ3n) is 4.13. The number of hydrogen-bond acceptors (Lipinski definition) is 3. The van der Waals surface area contributed by atoms with E-state index < -0.39 is 0 Å². The van der Waals surface area contributed by atoms with Crippen molar-refractivity contribution in [2.24, 2.45) is 0 Å². The third kappa shape index (κ3) is 3.51. The van der Waals surface area contributed by atoms with Crippen LogP contribution < -0.4 is 10.2 Å². The Labute approximate surface area is 136 Å². The summed E-state index contributed by atoms with van der Waals surface area (Å²) in [7, 11) is 0. The van der Waals surface area contributed by atoms with Gasteiger partial charge in [-0.1, -0.05) is 12.1 Å². The summed E-state index contributed by atoms with van der Waals surface area (Å²) in [5, 5.41) is 11.8. The second kappa shape index (κ2) is 6.97. The van der Waals surface area contributed by atoms with Crippen LogP contribution in [0.3, 0.4) is 0 Å². The normalized spacial score (nSPS) is 14.1. The highest BCUT2D eigenvalue weighted by Crippen LogP contribution is 2.28. The number of carbonyl (C=O) groups excluding carboxylic acids is 1. The fraction of sp³-hybridized carbons (Fsp3) is 0.263. The van der Waals surface area contributed by atoms with E-state index in [1.165, 1.54) is 19.3 Å². The van der Waals surface area contributed by atoms with Crippen molar-refractivity contribution in [3.05, 3.63) is 59.7 Å². The van der Waals surface area contributed by atoms with Gasteiger partial charge in [0.1, 0.15) is 0 Å². The largest absolute Gasteiger partial charge is 0.370 e. The van der Waals surface area contributed by atoms with Gasteiger partial charge in [0.15, 0.2) is 0 Å². The van der Waals surface area contributed by atoms with Crippen LogP contribution in [-0.2, 0) is 0 Å². The molecule has 1 heterocycles. The Balaban J connectivity index is 1.79. The molecule has 2 aromatic rings. The van der Waals surface area contributed by atoms with E-state index in [-0.39, 0.29) is 5.91 Å². The van der Waals surface area contributed by atoms with Crippen LogP contribution in [0.5, 0.6) is 0 Å². The van der Waals surface area contributed by atoms with E-state index in [2.05, 4.69) is 22.4 Å². The molecule has 1 saturated heterocycles. The lowest BCUT2D eigenvalue weighted by Gasteiger charge is -2.30. The predicted octanol–water partition coefficient (Wildman–Crippen LogP) is 3.80. The van der Waals surface area contributed by atoms with Crippen LogP contribution in [0.1, 0.15) is 35.2 Å². The summed E-state index contributed by atoms with van der Waals surface area (Å²) in [5.41, 5.74) is 3.02. The fourth-order valence-electron chi connectivity index (χ4n) is 2.88. The Bertz CT molecular complexity index is 725. The number of hydrogen-bond donors (Lipinski definition) is 1. The molecule has 1 amide bonds. The van der Waals surface area contributed by atoms with Crippen molar-refractivity contribution >= 4 is 17.3 Å². The van der Waals surface area contributed by atoms with Gasteiger partial charge in [0, 0.05) is 18.7 Å². The minimum Gasteiger partial charge on any atom is -0.370 e. The van der Waals surface area contributed by atoms with E-state index in [1.807, 2.05) is 18.2 Å². The van der Waals surface area contributed by atoms with Gasteiger partial charge in [-0.2, -0.15) is 5.26 Å². The lowest BCUT2D eigenvalue weighted by molar-refractivity contribution is 0.102. The summed E-state index contributed by atoms with van der Waals surface area (Å²) in [5.74, 6) is -0.154. The highest BCUT2D eigenvalue weighted by Gasteiger charge is 2.15. The van der Waals surface area contributed by atoms with Gasteiger partial charge >= 0.3 is 0 Å². The summed E-state index contributed by atoms with van der Waals surface area (Å²) < 4.78 is 0. The Morgan fingerprint density at radius 2 is 1.70 bits per heavy atom. The molecule has 1 N–H and O–H groups in total. The van der Waals surface area contributed by atoms with E-state index in [1.54, 1.807) is 24.3 Å². The lowest BCUT2D eigenvalue weighted by atomic mass is 10.1. The number of nitrogens with zero attached hydrogens (tertiary/aromatic N) is 2. The second-order valence-corrected chi connectivity index (χ2v) is 5.71. The molecule has 23 heavy (non-hydrogen) atoms. The minimum atomic E-state index is -0.154. The molecule has 0 bridgehead atoms. The summed E-state index contributed by atoms with van der Waals surface area (Å²) in [6, 6.07) is 16.7. The van der Waals surface area contributed by atoms with Gasteiger partial charge in [-0.05, 0) is 55.7 Å². The molecular weight excluding hydrogens is 286 g/mol. The minimum absolute atomic E-state index is 0.154. The number of nitriles is 1. The molecule has 4 heteroatoms. The zero-order chi connectivity index (χ0) is 16.1. The SMILES string of the molecule is N#Cc1ccc(C(=O)Nc2ccccc2N2CCCCC2)cc1. The zero-order valence-corrected chi connectivity index (χ0v) is 13.0. The van der Waals surface area contributed by atoms with Gasteiger partial charge in [0.2, 0.25) is 0 Å². The number of nitrogens with one attached hydrogen (secondary N) is 1. The fourth-order valence-corrected chi connectivity index (χ4v) is 2.88. The molecule has 1 fully saturated rings. The van der Waals surface area contributed by atoms with Crippen molar-refractivity contribution in [1.82, 2.24) is 0 Å². The first-order valence-corrected chi connectivity index (χ1v) is 7.93. The van der Waals surface area contributed by atoms with Crippen LogP contribution in [0, 0.1) is 11.3 Å². The summed E-state index contributed by atoms with van der Waals surface area (Å²) in [6.45, 7) is 2.06. The topological polar surface area (TPSA) is 56.1 Å². The summed E-state index contributed by atoms with van der Waals surface area (Å²) in [4.78, 5) is 14.8. The first-order chi connectivity index (χ1) is 11.3. The van der Waals surface area contributed by atoms with E-state index in [9.17, 15) is 4.79 Å². The maximum absolute atomic E-state index is 12.4. The smallest absolute Gasteiger partial charge is 0.255 e. The van der Waals surface area contributed by atoms with E-state index in [0.717, 1.165) is 24.5 Å². The molecule has 0 radical (unpaired) electrons. The Morgan fingerprint density at radius 3 is 2.39 bits per heavy atom. The van der Waals surface area contributed by atoms with Gasteiger partial charge in [-0.15, -0.1) is 0 Å². The van der Waals surface area contributed by atoms with Gasteiger partial charge < -0.3 is 10.2 Å². The number of amides is 1. The van der Waals surface area contributed by atoms with Crippen LogP contribution in [0.2, 0.25) is 0 Å². The highest BCUT2D eigenvalue weighted by atomic mass is 16.1. The molecule has 0 aliphatic carbocycles. The average Bonchev–Trinajstić information content (AvgIpc) is 2.63.